The molecule has 15 heteroatoms. The highest BCUT2D eigenvalue weighted by atomic mass is 19.1. The van der Waals surface area contributed by atoms with Gasteiger partial charge in [-0.25, -0.2) is 8.78 Å². The number of fused-ring (bicyclic) bond motifs is 2. The molecule has 2 saturated carbocycles. The van der Waals surface area contributed by atoms with Gasteiger partial charge in [-0.05, 0) is 167 Å². The average Bonchev–Trinajstić information content (AvgIpc) is 4.15. The minimum Gasteiger partial charge on any atom is -0.463 e. The zero-order chi connectivity index (χ0) is 51.8. The number of aldehydes is 1. The minimum absolute atomic E-state index is 0.0270. The van der Waals surface area contributed by atoms with Crippen molar-refractivity contribution in [3.63, 3.8) is 0 Å². The third-order valence-corrected chi connectivity index (χ3v) is 18.3. The number of hydrogen-bond donors (Lipinski definition) is 2. The van der Waals surface area contributed by atoms with Gasteiger partial charge in [-0.3, -0.25) is 19.5 Å². The first-order valence-electron chi connectivity index (χ1n) is 27.5. The highest BCUT2D eigenvalue weighted by Gasteiger charge is 2.51. The van der Waals surface area contributed by atoms with Crippen molar-refractivity contribution < 1.29 is 33.0 Å². The zero-order valence-corrected chi connectivity index (χ0v) is 43.5. The topological polar surface area (TPSA) is 144 Å². The third kappa shape index (κ3) is 8.99. The van der Waals surface area contributed by atoms with E-state index in [1.807, 2.05) is 49.1 Å². The normalized spacial score (nSPS) is 22.3. The number of hydrogen-bond acceptors (Lipinski definition) is 11. The van der Waals surface area contributed by atoms with Crippen molar-refractivity contribution in [2.45, 2.75) is 121 Å². The number of amides is 2. The van der Waals surface area contributed by atoms with Crippen LogP contribution in [0, 0.1) is 22.5 Å². The van der Waals surface area contributed by atoms with E-state index < -0.39 is 17.5 Å². The van der Waals surface area contributed by atoms with Crippen LogP contribution in [0.25, 0.3) is 43.7 Å². The number of likely N-dealkylation sites (tertiary alicyclic amines) is 2. The van der Waals surface area contributed by atoms with Gasteiger partial charge in [0.05, 0.1) is 23.3 Å². The SMILES string of the molecule is CCc1c(F)ccc2cccc(-c3ncc4c(N5CCC[C@](C)(O)C5)nc(OCC5(CN6CCC7(CC6)CC(N6CCC(c8ccc9c%10c(cccc8%10)C(=O)N9C(CCC=O)C(=O)NC)CC6)C7)CC5)nc4c3F)c12. The van der Waals surface area contributed by atoms with Gasteiger partial charge in [0.15, 0.2) is 5.82 Å². The number of ether oxygens (including phenoxy) is 1. The number of nitrogens with zero attached hydrogens (tertiary/aromatic N) is 7. The lowest BCUT2D eigenvalue weighted by Crippen LogP contribution is -2.56. The molecule has 13 nitrogen and oxygen atoms in total. The molecule has 75 heavy (non-hydrogen) atoms. The zero-order valence-electron chi connectivity index (χ0n) is 43.5. The fourth-order valence-corrected chi connectivity index (χ4v) is 13.9. The number of aryl methyl sites for hydroxylation is 1. The number of benzene rings is 4. The molecule has 5 fully saturated rings. The molecule has 2 atom stereocenters. The van der Waals surface area contributed by atoms with Crippen molar-refractivity contribution in [3.05, 3.63) is 95.2 Å². The molecule has 4 aliphatic heterocycles. The minimum atomic E-state index is -0.937. The van der Waals surface area contributed by atoms with Crippen molar-refractivity contribution in [3.8, 4) is 17.3 Å². The maximum Gasteiger partial charge on any atom is 0.319 e. The first-order chi connectivity index (χ1) is 36.3. The molecule has 1 spiro atoms. The summed E-state index contributed by atoms with van der Waals surface area (Å²) in [5, 5.41) is 17.7. The number of β-amino-alcohol motifs (C(OH)–C–C–N with tert-alkyl or cyclic N) is 1. The summed E-state index contributed by atoms with van der Waals surface area (Å²) in [5.74, 6) is -0.524. The van der Waals surface area contributed by atoms with Crippen molar-refractivity contribution in [1.82, 2.24) is 30.1 Å². The van der Waals surface area contributed by atoms with Crippen molar-refractivity contribution in [2.75, 3.05) is 69.3 Å². The lowest BCUT2D eigenvalue weighted by Gasteiger charge is -2.56. The van der Waals surface area contributed by atoms with E-state index in [4.69, 9.17) is 14.7 Å². The summed E-state index contributed by atoms with van der Waals surface area (Å²) in [6.07, 6.45) is 13.8. The van der Waals surface area contributed by atoms with Crippen molar-refractivity contribution in [1.29, 1.82) is 0 Å². The Morgan fingerprint density at radius 1 is 0.920 bits per heavy atom. The van der Waals surface area contributed by atoms with Crippen LogP contribution in [0.15, 0.2) is 66.9 Å². The molecular weight excluding hydrogens is 951 g/mol. The van der Waals surface area contributed by atoms with E-state index in [1.165, 1.54) is 37.3 Å². The van der Waals surface area contributed by atoms with Gasteiger partial charge in [0.1, 0.15) is 35.2 Å². The molecule has 2 aliphatic carbocycles. The molecule has 6 aromatic rings. The van der Waals surface area contributed by atoms with Crippen LogP contribution in [0.1, 0.15) is 118 Å². The van der Waals surface area contributed by atoms with E-state index >= 15 is 8.78 Å². The maximum absolute atomic E-state index is 17.2. The number of aromatic nitrogens is 3. The Kier molecular flexibility index (Phi) is 12.9. The number of anilines is 2. The molecule has 12 rings (SSSR count). The maximum atomic E-state index is 17.2. The Morgan fingerprint density at radius 2 is 1.69 bits per heavy atom. The lowest BCUT2D eigenvalue weighted by atomic mass is 9.59. The van der Waals surface area contributed by atoms with Gasteiger partial charge >= 0.3 is 6.01 Å². The lowest BCUT2D eigenvalue weighted by molar-refractivity contribution is -0.122. The largest absolute Gasteiger partial charge is 0.463 e. The number of carbonyl (C=O) groups excluding carboxylic acids is 3. The van der Waals surface area contributed by atoms with Crippen LogP contribution in [0.5, 0.6) is 6.01 Å². The van der Waals surface area contributed by atoms with E-state index in [0.717, 1.165) is 93.0 Å². The standard InChI is InChI=1S/C60H68F2N8O5/c1-4-40-46(61)16-14-38-9-5-11-43(49(38)40)52-51(62)53-45(33-64-52)54(69-25-8-20-58(2,74)34-69)66-57(65-53)75-36-60(21-22-60)35-67-28-23-59(24-29-67)31-39(32-59)68-26-18-37(19-27-68)41-15-17-47-50-42(41)10-6-12-44(50)56(73)70(47)48(13-7-30-71)55(72)63-3/h5-6,9-12,14-17,30,33,37,39,48,74H,4,7-8,13,18-29,31-32,34-36H2,1-3H3,(H,63,72)/t48?,58-/m0/s1. The van der Waals surface area contributed by atoms with Gasteiger partial charge in [0, 0.05) is 67.3 Å². The predicted octanol–water partition coefficient (Wildman–Crippen LogP) is 9.53. The fourth-order valence-electron chi connectivity index (χ4n) is 13.9. The molecular formula is C60H68F2N8O5. The van der Waals surface area contributed by atoms with Crippen LogP contribution in [0.4, 0.5) is 20.3 Å². The van der Waals surface area contributed by atoms with Crippen molar-refractivity contribution >= 4 is 62.1 Å². The van der Waals surface area contributed by atoms with E-state index in [-0.39, 0.29) is 53.1 Å². The molecule has 0 radical (unpaired) electrons. The van der Waals surface area contributed by atoms with Gasteiger partial charge in [0.25, 0.3) is 5.91 Å². The molecule has 3 saturated heterocycles. The monoisotopic (exact) mass is 1020 g/mol. The second-order valence-corrected chi connectivity index (χ2v) is 23.2. The van der Waals surface area contributed by atoms with Crippen molar-refractivity contribution in [2.24, 2.45) is 10.8 Å². The summed E-state index contributed by atoms with van der Waals surface area (Å²) in [7, 11) is 1.57. The second kappa shape index (κ2) is 19.4. The molecule has 6 heterocycles. The molecule has 2 N–H and O–H groups in total. The highest BCUT2D eigenvalue weighted by Crippen LogP contribution is 2.54. The summed E-state index contributed by atoms with van der Waals surface area (Å²) in [6, 6.07) is 18.8. The van der Waals surface area contributed by atoms with Crippen LogP contribution >= 0.6 is 0 Å². The van der Waals surface area contributed by atoms with Gasteiger partial charge in [-0.2, -0.15) is 9.97 Å². The van der Waals surface area contributed by atoms with E-state index in [9.17, 15) is 19.5 Å². The van der Waals surface area contributed by atoms with E-state index in [1.54, 1.807) is 30.3 Å². The fraction of sp³-hybridized carbons (Fsp3) is 0.500. The van der Waals surface area contributed by atoms with E-state index in [0.29, 0.717) is 83.2 Å². The molecule has 392 valence electrons. The first-order valence-corrected chi connectivity index (χ1v) is 27.5. The Balaban J connectivity index is 0.685. The van der Waals surface area contributed by atoms with Crippen LogP contribution in [-0.4, -0.2) is 125 Å². The predicted molar refractivity (Wildman–Crippen MR) is 287 cm³/mol. The third-order valence-electron chi connectivity index (χ3n) is 18.3. The number of halogens is 2. The van der Waals surface area contributed by atoms with Gasteiger partial charge in [0.2, 0.25) is 5.91 Å². The Bertz CT molecular complexity index is 3230. The molecule has 0 bridgehead atoms. The quantitative estimate of drug-likeness (QED) is 0.0950. The van der Waals surface area contributed by atoms with Crippen LogP contribution in [0.2, 0.25) is 0 Å². The molecule has 4 aromatic carbocycles. The smallest absolute Gasteiger partial charge is 0.319 e. The Labute approximate surface area is 437 Å². The van der Waals surface area contributed by atoms with Crippen LogP contribution < -0.4 is 19.9 Å². The van der Waals surface area contributed by atoms with Gasteiger partial charge in [-0.15, -0.1) is 0 Å². The summed E-state index contributed by atoms with van der Waals surface area (Å²) < 4.78 is 38.9. The first kappa shape index (κ1) is 49.7. The Morgan fingerprint density at radius 3 is 2.43 bits per heavy atom. The molecule has 6 aliphatic rings. The van der Waals surface area contributed by atoms with E-state index in [2.05, 4.69) is 32.2 Å². The number of carbonyl (C=O) groups is 3. The number of aliphatic hydroxyl groups is 1. The molecule has 1 unspecified atom stereocenters. The van der Waals surface area contributed by atoms with Gasteiger partial charge < -0.3 is 34.7 Å². The molecule has 2 aromatic heterocycles. The molecule has 2 amide bonds. The number of pyridine rings is 1. The number of piperidine rings is 3. The number of rotatable bonds is 15. The average molecular weight is 1020 g/mol. The summed E-state index contributed by atoms with van der Waals surface area (Å²) in [4.78, 5) is 61.4. The summed E-state index contributed by atoms with van der Waals surface area (Å²) in [5.41, 5.74) is 3.30. The van der Waals surface area contributed by atoms with Gasteiger partial charge in [-0.1, -0.05) is 49.4 Å². The Hall–Kier alpha value is -6.16. The highest BCUT2D eigenvalue weighted by molar-refractivity contribution is 6.27. The summed E-state index contributed by atoms with van der Waals surface area (Å²) >= 11 is 0. The van der Waals surface area contributed by atoms with Crippen LogP contribution in [-0.2, 0) is 16.0 Å². The number of likely N-dealkylation sites (N-methyl/N-ethyl adjacent to an activating group) is 1. The summed E-state index contributed by atoms with van der Waals surface area (Å²) in [6.45, 7) is 10.3. The van der Waals surface area contributed by atoms with Crippen LogP contribution in [0.3, 0.4) is 0 Å². The number of nitrogens with one attached hydrogen (secondary N) is 1. The second-order valence-electron chi connectivity index (χ2n) is 23.2.